The number of benzene rings is 1. The van der Waals surface area contributed by atoms with Crippen LogP contribution in [0.2, 0.25) is 0 Å². The molecule has 2 rings (SSSR count). The topological polar surface area (TPSA) is 92.3 Å². The third kappa shape index (κ3) is 7.93. The Morgan fingerprint density at radius 2 is 2.03 bits per heavy atom. The number of rotatable bonds is 11. The van der Waals surface area contributed by atoms with Crippen LogP contribution in [0.25, 0.3) is 0 Å². The van der Waals surface area contributed by atoms with Crippen LogP contribution in [0.1, 0.15) is 25.3 Å². The predicted octanol–water partition coefficient (Wildman–Crippen LogP) is 1.44. The predicted molar refractivity (Wildman–Crippen MR) is 114 cm³/mol. The first-order chi connectivity index (χ1) is 13.9. The minimum atomic E-state index is -3.40. The lowest BCUT2D eigenvalue weighted by atomic mass is 10.1. The smallest absolute Gasteiger partial charge is 0.242 e. The van der Waals surface area contributed by atoms with E-state index in [0.29, 0.717) is 19.1 Å². The van der Waals surface area contributed by atoms with Crippen LogP contribution in [0.3, 0.4) is 0 Å². The highest BCUT2D eigenvalue weighted by atomic mass is 32.2. The maximum atomic E-state index is 12.1. The quantitative estimate of drug-likeness (QED) is 0.316. The molecule has 1 aliphatic heterocycles. The molecule has 0 aliphatic carbocycles. The third-order valence-corrected chi connectivity index (χ3v) is 6.43. The van der Waals surface area contributed by atoms with E-state index in [2.05, 4.69) is 15.6 Å². The van der Waals surface area contributed by atoms with Gasteiger partial charge in [-0.05, 0) is 37.5 Å². The van der Waals surface area contributed by atoms with Gasteiger partial charge in [0, 0.05) is 46.3 Å². The second-order valence-electron chi connectivity index (χ2n) is 7.21. The molecule has 1 aromatic rings. The van der Waals surface area contributed by atoms with E-state index >= 15 is 0 Å². The normalized spacial score (nSPS) is 17.7. The van der Waals surface area contributed by atoms with E-state index in [1.165, 1.54) is 18.4 Å². The molecule has 0 amide bonds. The molecule has 2 N–H and O–H groups in total. The van der Waals surface area contributed by atoms with E-state index in [9.17, 15) is 8.42 Å². The van der Waals surface area contributed by atoms with Crippen LogP contribution in [0.15, 0.2) is 34.2 Å². The summed E-state index contributed by atoms with van der Waals surface area (Å²) in [7, 11) is -0.357. The Morgan fingerprint density at radius 3 is 2.66 bits per heavy atom. The van der Waals surface area contributed by atoms with Crippen molar-refractivity contribution in [2.45, 2.75) is 31.2 Å². The van der Waals surface area contributed by atoms with Crippen molar-refractivity contribution < 1.29 is 17.9 Å². The fraction of sp³-hybridized carbons (Fsp3) is 0.650. The van der Waals surface area contributed by atoms with Crippen molar-refractivity contribution in [1.82, 2.24) is 14.9 Å². The maximum Gasteiger partial charge on any atom is 0.242 e. The Kier molecular flexibility index (Phi) is 9.86. The van der Waals surface area contributed by atoms with E-state index < -0.39 is 10.0 Å². The molecule has 0 saturated carbocycles. The standard InChI is InChI=1S/C20H34N4O4S/c1-4-21-20(22-11-5-12-27-15-18-10-13-28-16-18)23-14-17-6-8-19(9-7-17)29(25,26)24(2)3/h6-9,18H,4-5,10-16H2,1-3H3,(H2,21,22,23). The van der Waals surface area contributed by atoms with Crippen molar-refractivity contribution >= 4 is 16.0 Å². The largest absolute Gasteiger partial charge is 0.381 e. The molecular weight excluding hydrogens is 392 g/mol. The Morgan fingerprint density at radius 1 is 1.28 bits per heavy atom. The first-order valence-electron chi connectivity index (χ1n) is 10.1. The highest BCUT2D eigenvalue weighted by Crippen LogP contribution is 2.14. The molecule has 29 heavy (non-hydrogen) atoms. The molecule has 1 aromatic carbocycles. The number of guanidine groups is 1. The average molecular weight is 427 g/mol. The summed E-state index contributed by atoms with van der Waals surface area (Å²) in [6, 6.07) is 6.83. The van der Waals surface area contributed by atoms with Gasteiger partial charge in [-0.25, -0.2) is 17.7 Å². The lowest BCUT2D eigenvalue weighted by molar-refractivity contribution is 0.0888. The SMILES string of the molecule is CCNC(=NCc1ccc(S(=O)(=O)N(C)C)cc1)NCCCOCC1CCOC1. The van der Waals surface area contributed by atoms with E-state index in [1.54, 1.807) is 24.3 Å². The molecular formula is C20H34N4O4S. The fourth-order valence-electron chi connectivity index (χ4n) is 2.84. The van der Waals surface area contributed by atoms with Crippen LogP contribution in [0, 0.1) is 5.92 Å². The number of nitrogens with zero attached hydrogens (tertiary/aromatic N) is 2. The monoisotopic (exact) mass is 426 g/mol. The van der Waals surface area contributed by atoms with Gasteiger partial charge in [0.2, 0.25) is 10.0 Å². The van der Waals surface area contributed by atoms with E-state index in [4.69, 9.17) is 9.47 Å². The summed E-state index contributed by atoms with van der Waals surface area (Å²) >= 11 is 0. The molecule has 9 heteroatoms. The molecule has 1 heterocycles. The van der Waals surface area contributed by atoms with Gasteiger partial charge in [0.25, 0.3) is 0 Å². The molecule has 1 saturated heterocycles. The molecule has 1 fully saturated rings. The maximum absolute atomic E-state index is 12.1. The molecule has 0 spiro atoms. The summed E-state index contributed by atoms with van der Waals surface area (Å²) in [6.07, 6.45) is 1.99. The van der Waals surface area contributed by atoms with Crippen LogP contribution in [-0.4, -0.2) is 72.3 Å². The van der Waals surface area contributed by atoms with Gasteiger partial charge in [0.15, 0.2) is 5.96 Å². The number of sulfonamides is 1. The zero-order valence-corrected chi connectivity index (χ0v) is 18.5. The van der Waals surface area contributed by atoms with Gasteiger partial charge >= 0.3 is 0 Å². The van der Waals surface area contributed by atoms with Gasteiger partial charge in [0.1, 0.15) is 0 Å². The second-order valence-corrected chi connectivity index (χ2v) is 9.36. The van der Waals surface area contributed by atoms with Crippen LogP contribution in [0.5, 0.6) is 0 Å². The number of hydrogen-bond donors (Lipinski definition) is 2. The number of hydrogen-bond acceptors (Lipinski definition) is 5. The van der Waals surface area contributed by atoms with Crippen LogP contribution in [0.4, 0.5) is 0 Å². The van der Waals surface area contributed by atoms with E-state index in [-0.39, 0.29) is 4.90 Å². The van der Waals surface area contributed by atoms with Crippen molar-refractivity contribution in [2.24, 2.45) is 10.9 Å². The van der Waals surface area contributed by atoms with Crippen LogP contribution >= 0.6 is 0 Å². The van der Waals surface area contributed by atoms with Crippen molar-refractivity contribution in [3.05, 3.63) is 29.8 Å². The molecule has 0 bridgehead atoms. The van der Waals surface area contributed by atoms with Crippen molar-refractivity contribution in [3.8, 4) is 0 Å². The van der Waals surface area contributed by atoms with Crippen molar-refractivity contribution in [3.63, 3.8) is 0 Å². The van der Waals surface area contributed by atoms with Gasteiger partial charge in [-0.1, -0.05) is 12.1 Å². The van der Waals surface area contributed by atoms with E-state index in [1.807, 2.05) is 6.92 Å². The van der Waals surface area contributed by atoms with Gasteiger partial charge in [-0.3, -0.25) is 0 Å². The summed E-state index contributed by atoms with van der Waals surface area (Å²) in [5, 5.41) is 6.52. The summed E-state index contributed by atoms with van der Waals surface area (Å²) < 4.78 is 36.5. The summed E-state index contributed by atoms with van der Waals surface area (Å²) in [4.78, 5) is 4.85. The lowest BCUT2D eigenvalue weighted by Crippen LogP contribution is -2.38. The van der Waals surface area contributed by atoms with Crippen LogP contribution < -0.4 is 10.6 Å². The summed E-state index contributed by atoms with van der Waals surface area (Å²) in [6.45, 7) is 7.18. The van der Waals surface area contributed by atoms with Gasteiger partial charge in [0.05, 0.1) is 24.7 Å². The molecule has 164 valence electrons. The van der Waals surface area contributed by atoms with E-state index in [0.717, 1.165) is 57.3 Å². The molecule has 1 unspecified atom stereocenters. The minimum Gasteiger partial charge on any atom is -0.381 e. The molecule has 8 nitrogen and oxygen atoms in total. The Hall–Kier alpha value is -1.68. The minimum absolute atomic E-state index is 0.282. The third-order valence-electron chi connectivity index (χ3n) is 4.60. The lowest BCUT2D eigenvalue weighted by Gasteiger charge is -2.13. The zero-order valence-electron chi connectivity index (χ0n) is 17.7. The molecule has 0 radical (unpaired) electrons. The number of ether oxygens (including phenoxy) is 2. The van der Waals surface area contributed by atoms with Gasteiger partial charge < -0.3 is 20.1 Å². The highest BCUT2D eigenvalue weighted by Gasteiger charge is 2.16. The molecule has 1 atom stereocenters. The van der Waals surface area contributed by atoms with Crippen molar-refractivity contribution in [1.29, 1.82) is 0 Å². The first kappa shape index (κ1) is 23.6. The molecule has 0 aromatic heterocycles. The van der Waals surface area contributed by atoms with Gasteiger partial charge in [-0.2, -0.15) is 0 Å². The highest BCUT2D eigenvalue weighted by molar-refractivity contribution is 7.89. The summed E-state index contributed by atoms with van der Waals surface area (Å²) in [5.41, 5.74) is 0.946. The van der Waals surface area contributed by atoms with Crippen LogP contribution in [-0.2, 0) is 26.0 Å². The first-order valence-corrected chi connectivity index (χ1v) is 11.6. The average Bonchev–Trinajstić information content (AvgIpc) is 3.22. The number of nitrogens with one attached hydrogen (secondary N) is 2. The number of aliphatic imine (C=N–C) groups is 1. The Labute approximate surface area is 174 Å². The van der Waals surface area contributed by atoms with Crippen molar-refractivity contribution in [2.75, 3.05) is 53.6 Å². The zero-order chi connectivity index (χ0) is 21.1. The summed E-state index contributed by atoms with van der Waals surface area (Å²) in [5.74, 6) is 1.28. The van der Waals surface area contributed by atoms with Gasteiger partial charge in [-0.15, -0.1) is 0 Å². The fourth-order valence-corrected chi connectivity index (χ4v) is 3.74. The second kappa shape index (κ2) is 12.1. The Bertz CT molecular complexity index is 729. The Balaban J connectivity index is 1.76. The molecule has 1 aliphatic rings.